The number of benzene rings is 2. The number of sulfonamides is 1. The summed E-state index contributed by atoms with van der Waals surface area (Å²) in [4.78, 5) is 27.8. The molecule has 2 aromatic rings. The maximum atomic E-state index is 13.5. The molecule has 34 heavy (non-hydrogen) atoms. The SMILES string of the molecule is CCCCNC(=O)[C@H](C)N(Cc1ccc(Br)cc1)C(=O)CN(c1cccc(C)c1C)S(C)(=O)=O. The second-order valence-electron chi connectivity index (χ2n) is 8.46. The van der Waals surface area contributed by atoms with Gasteiger partial charge < -0.3 is 10.2 Å². The maximum Gasteiger partial charge on any atom is 0.244 e. The maximum absolute atomic E-state index is 13.5. The molecule has 186 valence electrons. The molecule has 0 saturated carbocycles. The Morgan fingerprint density at radius 2 is 1.74 bits per heavy atom. The highest BCUT2D eigenvalue weighted by Crippen LogP contribution is 2.25. The lowest BCUT2D eigenvalue weighted by Crippen LogP contribution is -2.51. The Bertz CT molecular complexity index is 1100. The van der Waals surface area contributed by atoms with Gasteiger partial charge in [0.25, 0.3) is 0 Å². The normalized spacial score (nSPS) is 12.2. The molecule has 0 heterocycles. The first-order valence-corrected chi connectivity index (χ1v) is 13.9. The zero-order valence-corrected chi connectivity index (χ0v) is 22.9. The Kier molecular flexibility index (Phi) is 10.1. The molecule has 0 spiro atoms. The summed E-state index contributed by atoms with van der Waals surface area (Å²) in [6.45, 7) is 7.73. The van der Waals surface area contributed by atoms with Gasteiger partial charge >= 0.3 is 0 Å². The summed E-state index contributed by atoms with van der Waals surface area (Å²) < 4.78 is 27.4. The molecule has 2 aromatic carbocycles. The number of aryl methyl sites for hydroxylation is 1. The molecule has 1 N–H and O–H groups in total. The molecule has 9 heteroatoms. The summed E-state index contributed by atoms with van der Waals surface area (Å²) in [6.07, 6.45) is 2.87. The van der Waals surface area contributed by atoms with Crippen molar-refractivity contribution in [3.05, 3.63) is 63.6 Å². The topological polar surface area (TPSA) is 86.8 Å². The van der Waals surface area contributed by atoms with Crippen molar-refractivity contribution in [1.29, 1.82) is 0 Å². The number of nitrogens with one attached hydrogen (secondary N) is 1. The van der Waals surface area contributed by atoms with Crippen molar-refractivity contribution in [2.45, 2.75) is 53.1 Å². The van der Waals surface area contributed by atoms with Crippen LogP contribution in [0.4, 0.5) is 5.69 Å². The molecular weight excluding hydrogens is 518 g/mol. The molecule has 1 atom stereocenters. The molecular formula is C25H34BrN3O4S. The number of nitrogens with zero attached hydrogens (tertiary/aromatic N) is 2. The lowest BCUT2D eigenvalue weighted by Gasteiger charge is -2.32. The zero-order valence-electron chi connectivity index (χ0n) is 20.5. The number of carbonyl (C=O) groups excluding carboxylic acids is 2. The number of halogens is 1. The number of amides is 2. The summed E-state index contributed by atoms with van der Waals surface area (Å²) in [5.74, 6) is -0.719. The Morgan fingerprint density at radius 3 is 2.32 bits per heavy atom. The van der Waals surface area contributed by atoms with E-state index in [1.54, 1.807) is 19.1 Å². The van der Waals surface area contributed by atoms with Gasteiger partial charge in [-0.3, -0.25) is 13.9 Å². The van der Waals surface area contributed by atoms with E-state index in [4.69, 9.17) is 0 Å². The largest absolute Gasteiger partial charge is 0.354 e. The Labute approximate surface area is 211 Å². The van der Waals surface area contributed by atoms with Gasteiger partial charge in [-0.15, -0.1) is 0 Å². The van der Waals surface area contributed by atoms with Crippen molar-refractivity contribution in [3.63, 3.8) is 0 Å². The van der Waals surface area contributed by atoms with Crippen LogP contribution in [0.3, 0.4) is 0 Å². The van der Waals surface area contributed by atoms with Crippen LogP contribution in [0.15, 0.2) is 46.9 Å². The standard InChI is InChI=1S/C25H34BrN3O4S/c1-6-7-15-27-25(31)20(4)28(16-21-11-13-22(26)14-12-21)24(30)17-29(34(5,32)33)23-10-8-9-18(2)19(23)3/h8-14,20H,6-7,15-17H2,1-5H3,(H,27,31)/t20-/m0/s1. The fourth-order valence-electron chi connectivity index (χ4n) is 3.51. The van der Waals surface area contributed by atoms with Crippen LogP contribution in [0, 0.1) is 13.8 Å². The molecule has 0 fully saturated rings. The van der Waals surface area contributed by atoms with E-state index in [1.807, 2.05) is 51.1 Å². The van der Waals surface area contributed by atoms with Gasteiger partial charge in [0, 0.05) is 17.6 Å². The van der Waals surface area contributed by atoms with Crippen molar-refractivity contribution in [2.24, 2.45) is 0 Å². The van der Waals surface area contributed by atoms with Crippen molar-refractivity contribution in [2.75, 3.05) is 23.7 Å². The molecule has 0 radical (unpaired) electrons. The highest BCUT2D eigenvalue weighted by Gasteiger charge is 2.30. The average Bonchev–Trinajstić information content (AvgIpc) is 2.78. The van der Waals surface area contributed by atoms with Crippen LogP contribution in [0.5, 0.6) is 0 Å². The van der Waals surface area contributed by atoms with Gasteiger partial charge in [-0.2, -0.15) is 0 Å². The molecule has 0 saturated heterocycles. The summed E-state index contributed by atoms with van der Waals surface area (Å²) in [7, 11) is -3.75. The Hall–Kier alpha value is -2.39. The van der Waals surface area contributed by atoms with Crippen molar-refractivity contribution < 1.29 is 18.0 Å². The number of hydrogen-bond donors (Lipinski definition) is 1. The second-order valence-corrected chi connectivity index (χ2v) is 11.3. The first-order valence-electron chi connectivity index (χ1n) is 11.3. The summed E-state index contributed by atoms with van der Waals surface area (Å²) in [5, 5.41) is 2.87. The number of rotatable bonds is 11. The summed E-state index contributed by atoms with van der Waals surface area (Å²) >= 11 is 3.40. The molecule has 2 rings (SSSR count). The van der Waals surface area contributed by atoms with Crippen LogP contribution in [0.25, 0.3) is 0 Å². The first-order chi connectivity index (χ1) is 16.0. The van der Waals surface area contributed by atoms with Crippen LogP contribution in [-0.2, 0) is 26.2 Å². The molecule has 0 aliphatic heterocycles. The lowest BCUT2D eigenvalue weighted by molar-refractivity contribution is -0.139. The molecule has 0 aliphatic rings. The third kappa shape index (κ3) is 7.56. The smallest absolute Gasteiger partial charge is 0.244 e. The highest BCUT2D eigenvalue weighted by molar-refractivity contribution is 9.10. The second kappa shape index (κ2) is 12.4. The highest BCUT2D eigenvalue weighted by atomic mass is 79.9. The van der Waals surface area contributed by atoms with E-state index in [0.717, 1.165) is 44.6 Å². The minimum Gasteiger partial charge on any atom is -0.354 e. The van der Waals surface area contributed by atoms with E-state index in [9.17, 15) is 18.0 Å². The molecule has 0 aliphatic carbocycles. The number of hydrogen-bond acceptors (Lipinski definition) is 4. The lowest BCUT2D eigenvalue weighted by atomic mass is 10.1. The number of anilines is 1. The summed E-state index contributed by atoms with van der Waals surface area (Å²) in [6, 6.07) is 12.0. The predicted molar refractivity (Wildman–Crippen MR) is 140 cm³/mol. The van der Waals surface area contributed by atoms with E-state index in [0.29, 0.717) is 12.2 Å². The monoisotopic (exact) mass is 551 g/mol. The van der Waals surface area contributed by atoms with Gasteiger partial charge in [-0.05, 0) is 62.1 Å². The van der Waals surface area contributed by atoms with E-state index in [-0.39, 0.29) is 12.5 Å². The minimum absolute atomic E-state index is 0.179. The van der Waals surface area contributed by atoms with Crippen LogP contribution in [0.2, 0.25) is 0 Å². The van der Waals surface area contributed by atoms with Crippen LogP contribution < -0.4 is 9.62 Å². The van der Waals surface area contributed by atoms with E-state index < -0.39 is 28.5 Å². The van der Waals surface area contributed by atoms with Crippen LogP contribution in [-0.4, -0.2) is 50.5 Å². The van der Waals surface area contributed by atoms with Crippen molar-refractivity contribution in [3.8, 4) is 0 Å². The van der Waals surface area contributed by atoms with Crippen molar-refractivity contribution >= 4 is 43.5 Å². The number of carbonyl (C=O) groups is 2. The van der Waals surface area contributed by atoms with E-state index in [1.165, 1.54) is 4.90 Å². The zero-order chi connectivity index (χ0) is 25.5. The van der Waals surface area contributed by atoms with Crippen molar-refractivity contribution in [1.82, 2.24) is 10.2 Å². The van der Waals surface area contributed by atoms with Gasteiger partial charge in [0.15, 0.2) is 0 Å². The van der Waals surface area contributed by atoms with Gasteiger partial charge in [-0.25, -0.2) is 8.42 Å². The van der Waals surface area contributed by atoms with Gasteiger partial charge in [0.2, 0.25) is 21.8 Å². The van der Waals surface area contributed by atoms with Gasteiger partial charge in [0.1, 0.15) is 12.6 Å². The quantitative estimate of drug-likeness (QED) is 0.424. The minimum atomic E-state index is -3.75. The third-order valence-corrected chi connectivity index (χ3v) is 7.44. The molecule has 2 amide bonds. The fraction of sp³-hybridized carbons (Fsp3) is 0.440. The van der Waals surface area contributed by atoms with Crippen LogP contribution >= 0.6 is 15.9 Å². The average molecular weight is 553 g/mol. The number of unbranched alkanes of at least 4 members (excludes halogenated alkanes) is 1. The molecule has 0 bridgehead atoms. The Morgan fingerprint density at radius 1 is 1.09 bits per heavy atom. The third-order valence-electron chi connectivity index (χ3n) is 5.79. The summed E-state index contributed by atoms with van der Waals surface area (Å²) in [5.41, 5.74) is 3.00. The van der Waals surface area contributed by atoms with E-state index >= 15 is 0 Å². The van der Waals surface area contributed by atoms with Crippen LogP contribution in [0.1, 0.15) is 43.4 Å². The van der Waals surface area contributed by atoms with Gasteiger partial charge in [-0.1, -0.05) is 53.5 Å². The predicted octanol–water partition coefficient (Wildman–Crippen LogP) is 4.17. The fourth-order valence-corrected chi connectivity index (χ4v) is 4.67. The Balaban J connectivity index is 2.38. The van der Waals surface area contributed by atoms with E-state index in [2.05, 4.69) is 21.2 Å². The molecule has 7 nitrogen and oxygen atoms in total. The molecule has 0 unspecified atom stereocenters. The van der Waals surface area contributed by atoms with Gasteiger partial charge in [0.05, 0.1) is 11.9 Å². The molecule has 0 aromatic heterocycles. The first kappa shape index (κ1) is 27.9.